The minimum Gasteiger partial charge on any atom is -0.324 e. The van der Waals surface area contributed by atoms with Gasteiger partial charge < -0.3 is 4.98 Å². The Bertz CT molecular complexity index is 982. The molecule has 1 heterocycles. The summed E-state index contributed by atoms with van der Waals surface area (Å²) in [6.07, 6.45) is 0. The number of benzene rings is 2. The third-order valence-corrected chi connectivity index (χ3v) is 5.35. The SMILES string of the molecule is CN(CC(=O)Nc1nc2ccccc2[nH]1)S(=O)(=O)c1ccc(F)cc1. The summed E-state index contributed by atoms with van der Waals surface area (Å²) in [7, 11) is -2.62. The van der Waals surface area contributed by atoms with Gasteiger partial charge in [0.05, 0.1) is 22.5 Å². The lowest BCUT2D eigenvalue weighted by Gasteiger charge is -2.16. The molecule has 0 aliphatic heterocycles. The molecular formula is C16H15FN4O3S. The minimum absolute atomic E-state index is 0.0899. The maximum absolute atomic E-state index is 12.9. The summed E-state index contributed by atoms with van der Waals surface area (Å²) < 4.78 is 38.6. The van der Waals surface area contributed by atoms with Crippen molar-refractivity contribution in [3.05, 3.63) is 54.3 Å². The highest BCUT2D eigenvalue weighted by Gasteiger charge is 2.23. The number of halogens is 1. The first kappa shape index (κ1) is 17.1. The van der Waals surface area contributed by atoms with Crippen LogP contribution in [0.15, 0.2) is 53.4 Å². The van der Waals surface area contributed by atoms with Gasteiger partial charge in [0.2, 0.25) is 21.9 Å². The second-order valence-electron chi connectivity index (χ2n) is 5.37. The Morgan fingerprint density at radius 3 is 2.56 bits per heavy atom. The molecule has 25 heavy (non-hydrogen) atoms. The molecule has 0 fully saturated rings. The van der Waals surface area contributed by atoms with E-state index in [1.807, 2.05) is 18.2 Å². The van der Waals surface area contributed by atoms with Crippen molar-refractivity contribution in [3.63, 3.8) is 0 Å². The van der Waals surface area contributed by atoms with Crippen LogP contribution >= 0.6 is 0 Å². The first-order valence-electron chi connectivity index (χ1n) is 7.33. The highest BCUT2D eigenvalue weighted by molar-refractivity contribution is 7.89. The van der Waals surface area contributed by atoms with Crippen LogP contribution in [0.2, 0.25) is 0 Å². The lowest BCUT2D eigenvalue weighted by atomic mass is 10.3. The molecule has 0 spiro atoms. The number of fused-ring (bicyclic) bond motifs is 1. The summed E-state index contributed by atoms with van der Waals surface area (Å²) in [6, 6.07) is 11.6. The topological polar surface area (TPSA) is 95.2 Å². The third kappa shape index (κ3) is 3.67. The zero-order valence-electron chi connectivity index (χ0n) is 13.2. The van der Waals surface area contributed by atoms with Gasteiger partial charge in [0.15, 0.2) is 0 Å². The van der Waals surface area contributed by atoms with Crippen LogP contribution in [0.4, 0.5) is 10.3 Å². The first-order chi connectivity index (χ1) is 11.9. The largest absolute Gasteiger partial charge is 0.324 e. The van der Waals surface area contributed by atoms with Crippen LogP contribution in [0.1, 0.15) is 0 Å². The molecule has 0 radical (unpaired) electrons. The van der Waals surface area contributed by atoms with Crippen molar-refractivity contribution < 1.29 is 17.6 Å². The monoisotopic (exact) mass is 362 g/mol. The third-order valence-electron chi connectivity index (χ3n) is 3.54. The van der Waals surface area contributed by atoms with E-state index in [1.165, 1.54) is 7.05 Å². The van der Waals surface area contributed by atoms with E-state index in [-0.39, 0.29) is 10.8 Å². The molecule has 0 atom stereocenters. The molecule has 0 saturated heterocycles. The number of H-pyrrole nitrogens is 1. The summed E-state index contributed by atoms with van der Waals surface area (Å²) in [5.41, 5.74) is 1.44. The average Bonchev–Trinajstić information content (AvgIpc) is 2.97. The van der Waals surface area contributed by atoms with Gasteiger partial charge in [0.25, 0.3) is 0 Å². The molecule has 0 aliphatic carbocycles. The number of carbonyl (C=O) groups excluding carboxylic acids is 1. The summed E-state index contributed by atoms with van der Waals surface area (Å²) in [4.78, 5) is 19.1. The zero-order valence-corrected chi connectivity index (χ0v) is 14.0. The van der Waals surface area contributed by atoms with E-state index in [4.69, 9.17) is 0 Å². The van der Waals surface area contributed by atoms with Gasteiger partial charge in [-0.25, -0.2) is 17.8 Å². The Hall–Kier alpha value is -2.78. The van der Waals surface area contributed by atoms with E-state index in [9.17, 15) is 17.6 Å². The average molecular weight is 362 g/mol. The van der Waals surface area contributed by atoms with E-state index in [0.717, 1.165) is 34.1 Å². The molecule has 0 bridgehead atoms. The Balaban J connectivity index is 1.70. The summed E-state index contributed by atoms with van der Waals surface area (Å²) in [5.74, 6) is -0.852. The number of aromatic amines is 1. The molecule has 0 unspecified atom stereocenters. The molecule has 1 aromatic heterocycles. The quantitative estimate of drug-likeness (QED) is 0.725. The van der Waals surface area contributed by atoms with Gasteiger partial charge in [-0.1, -0.05) is 12.1 Å². The molecule has 2 aromatic carbocycles. The van der Waals surface area contributed by atoms with Gasteiger partial charge in [0, 0.05) is 7.05 Å². The van der Waals surface area contributed by atoms with Crippen molar-refractivity contribution in [2.75, 3.05) is 18.9 Å². The maximum Gasteiger partial charge on any atom is 0.243 e. The number of anilines is 1. The number of imidazole rings is 1. The van der Waals surface area contributed by atoms with E-state index in [0.29, 0.717) is 5.52 Å². The maximum atomic E-state index is 12.9. The lowest BCUT2D eigenvalue weighted by molar-refractivity contribution is -0.116. The van der Waals surface area contributed by atoms with Gasteiger partial charge in [-0.3, -0.25) is 10.1 Å². The van der Waals surface area contributed by atoms with Crippen molar-refractivity contribution >= 4 is 32.9 Å². The fourth-order valence-corrected chi connectivity index (χ4v) is 3.38. The number of rotatable bonds is 5. The number of hydrogen-bond acceptors (Lipinski definition) is 4. The number of carbonyl (C=O) groups is 1. The fraction of sp³-hybridized carbons (Fsp3) is 0.125. The van der Waals surface area contributed by atoms with Gasteiger partial charge in [-0.15, -0.1) is 0 Å². The molecule has 0 saturated carbocycles. The molecule has 3 rings (SSSR count). The normalized spacial score (nSPS) is 11.8. The molecule has 7 nitrogen and oxygen atoms in total. The molecular weight excluding hydrogens is 347 g/mol. The summed E-state index contributed by atoms with van der Waals surface area (Å²) in [6.45, 7) is -0.406. The number of nitrogens with zero attached hydrogens (tertiary/aromatic N) is 2. The smallest absolute Gasteiger partial charge is 0.243 e. The van der Waals surface area contributed by atoms with E-state index in [2.05, 4.69) is 15.3 Å². The van der Waals surface area contributed by atoms with Crippen molar-refractivity contribution in [1.29, 1.82) is 0 Å². The number of sulfonamides is 1. The van der Waals surface area contributed by atoms with E-state index >= 15 is 0 Å². The van der Waals surface area contributed by atoms with Crippen LogP contribution in [-0.4, -0.2) is 42.2 Å². The van der Waals surface area contributed by atoms with E-state index < -0.39 is 28.3 Å². The number of likely N-dealkylation sites (N-methyl/N-ethyl adjacent to an activating group) is 1. The molecule has 0 aliphatic rings. The molecule has 130 valence electrons. The van der Waals surface area contributed by atoms with Crippen LogP contribution in [0.3, 0.4) is 0 Å². The van der Waals surface area contributed by atoms with E-state index in [1.54, 1.807) is 6.07 Å². The summed E-state index contributed by atoms with van der Waals surface area (Å²) >= 11 is 0. The Kier molecular flexibility index (Phi) is 4.51. The minimum atomic E-state index is -3.89. The van der Waals surface area contributed by atoms with Gasteiger partial charge in [-0.2, -0.15) is 4.31 Å². The Morgan fingerprint density at radius 2 is 1.88 bits per heavy atom. The fourth-order valence-electron chi connectivity index (χ4n) is 2.26. The summed E-state index contributed by atoms with van der Waals surface area (Å²) in [5, 5.41) is 2.52. The molecule has 9 heteroatoms. The Morgan fingerprint density at radius 1 is 1.20 bits per heavy atom. The van der Waals surface area contributed by atoms with Crippen LogP contribution in [-0.2, 0) is 14.8 Å². The molecule has 2 N–H and O–H groups in total. The van der Waals surface area contributed by atoms with Crippen LogP contribution in [0, 0.1) is 5.82 Å². The Labute approximate surface area is 143 Å². The van der Waals surface area contributed by atoms with Crippen molar-refractivity contribution in [2.45, 2.75) is 4.90 Å². The van der Waals surface area contributed by atoms with Gasteiger partial charge >= 0.3 is 0 Å². The van der Waals surface area contributed by atoms with Crippen LogP contribution in [0.25, 0.3) is 11.0 Å². The van der Waals surface area contributed by atoms with Crippen LogP contribution < -0.4 is 5.32 Å². The van der Waals surface area contributed by atoms with Crippen molar-refractivity contribution in [3.8, 4) is 0 Å². The predicted octanol–water partition coefficient (Wildman–Crippen LogP) is 1.96. The highest BCUT2D eigenvalue weighted by Crippen LogP contribution is 2.16. The number of para-hydroxylation sites is 2. The lowest BCUT2D eigenvalue weighted by Crippen LogP contribution is -2.35. The van der Waals surface area contributed by atoms with Gasteiger partial charge in [0.1, 0.15) is 5.82 Å². The number of hydrogen-bond donors (Lipinski definition) is 2. The number of nitrogens with one attached hydrogen (secondary N) is 2. The highest BCUT2D eigenvalue weighted by atomic mass is 32.2. The zero-order chi connectivity index (χ0) is 18.0. The second kappa shape index (κ2) is 6.61. The number of aromatic nitrogens is 2. The van der Waals surface area contributed by atoms with Crippen LogP contribution in [0.5, 0.6) is 0 Å². The predicted molar refractivity (Wildman–Crippen MR) is 90.9 cm³/mol. The van der Waals surface area contributed by atoms with Crippen molar-refractivity contribution in [1.82, 2.24) is 14.3 Å². The van der Waals surface area contributed by atoms with Crippen molar-refractivity contribution in [2.24, 2.45) is 0 Å². The second-order valence-corrected chi connectivity index (χ2v) is 7.41. The first-order valence-corrected chi connectivity index (χ1v) is 8.77. The standard InChI is InChI=1S/C16H15FN4O3S/c1-21(25(23,24)12-8-6-11(17)7-9-12)10-15(22)20-16-18-13-4-2-3-5-14(13)19-16/h2-9H,10H2,1H3,(H2,18,19,20,22). The van der Waals surface area contributed by atoms with Gasteiger partial charge in [-0.05, 0) is 36.4 Å². The molecule has 3 aromatic rings. The number of amides is 1. The molecule has 1 amide bonds.